The minimum Gasteiger partial charge on any atom is -0.453 e. The third-order valence-corrected chi connectivity index (χ3v) is 5.26. The second-order valence-electron chi connectivity index (χ2n) is 10.2. The number of halogens is 1. The molecule has 176 valence electrons. The highest BCUT2D eigenvalue weighted by Crippen LogP contribution is 2.40. The lowest BCUT2D eigenvalue weighted by molar-refractivity contribution is -0.117. The number of hydrogen-bond acceptors (Lipinski definition) is 6. The number of anilines is 1. The molecule has 0 fully saturated rings. The monoisotopic (exact) mass is 456 g/mol. The van der Waals surface area contributed by atoms with E-state index in [4.69, 9.17) is 9.47 Å². The summed E-state index contributed by atoms with van der Waals surface area (Å²) in [4.78, 5) is 17.1. The van der Waals surface area contributed by atoms with Gasteiger partial charge in [0.05, 0.1) is 11.0 Å². The summed E-state index contributed by atoms with van der Waals surface area (Å²) in [5.41, 5.74) is 0.290. The number of rotatable bonds is 6. The molecule has 1 amide bonds. The van der Waals surface area contributed by atoms with Crippen LogP contribution in [0.2, 0.25) is 0 Å². The highest BCUT2D eigenvalue weighted by atomic mass is 19.1. The molecular weight excluding hydrogens is 427 g/mol. The van der Waals surface area contributed by atoms with Gasteiger partial charge in [0.15, 0.2) is 23.0 Å². The van der Waals surface area contributed by atoms with Crippen molar-refractivity contribution in [1.29, 1.82) is 0 Å². The molecular formula is C24H29FN4O4. The van der Waals surface area contributed by atoms with Crippen molar-refractivity contribution in [1.82, 2.24) is 14.8 Å². The van der Waals surface area contributed by atoms with E-state index in [1.807, 2.05) is 20.8 Å². The Balaban J connectivity index is 1.76. The summed E-state index contributed by atoms with van der Waals surface area (Å²) < 4.78 is 27.2. The zero-order valence-electron chi connectivity index (χ0n) is 19.5. The van der Waals surface area contributed by atoms with Crippen molar-refractivity contribution in [2.45, 2.75) is 59.6 Å². The van der Waals surface area contributed by atoms with Crippen molar-refractivity contribution >= 4 is 22.8 Å². The van der Waals surface area contributed by atoms with Gasteiger partial charge < -0.3 is 19.9 Å². The molecule has 1 aliphatic rings. The van der Waals surface area contributed by atoms with Crippen LogP contribution in [-0.4, -0.2) is 38.2 Å². The van der Waals surface area contributed by atoms with Gasteiger partial charge in [0, 0.05) is 30.3 Å². The number of hydrogen-bond donors (Lipinski definition) is 2. The molecule has 0 bridgehead atoms. The molecule has 0 spiro atoms. The molecule has 3 aromatic rings. The largest absolute Gasteiger partial charge is 0.453 e. The van der Waals surface area contributed by atoms with Gasteiger partial charge in [-0.2, -0.15) is 5.10 Å². The molecule has 8 nitrogen and oxygen atoms in total. The maximum atomic E-state index is 15.1. The SMILES string of the molecule is CC(C)(C)CC(=O)Nc1nn(CCC(C)(C)O)c2ncc(-c3ccc4c(c3F)OCO4)cc12. The first-order valence-corrected chi connectivity index (χ1v) is 10.9. The third-order valence-electron chi connectivity index (χ3n) is 5.26. The van der Waals surface area contributed by atoms with Gasteiger partial charge >= 0.3 is 0 Å². The molecule has 3 heterocycles. The molecule has 1 aromatic carbocycles. The Labute approximate surface area is 191 Å². The third kappa shape index (κ3) is 5.08. The van der Waals surface area contributed by atoms with Crippen molar-refractivity contribution in [2.75, 3.05) is 12.1 Å². The predicted octanol–water partition coefficient (Wildman–Crippen LogP) is 4.50. The Morgan fingerprint density at radius 2 is 2.00 bits per heavy atom. The van der Waals surface area contributed by atoms with E-state index in [0.29, 0.717) is 53.1 Å². The van der Waals surface area contributed by atoms with Crippen LogP contribution in [0, 0.1) is 11.2 Å². The standard InChI is InChI=1S/C24H29FN4O4/c1-23(2,3)11-18(30)27-21-16-10-14(15-6-7-17-20(19(15)25)33-13-32-17)12-26-22(16)29(28-21)9-8-24(4,5)31/h6-7,10,12,31H,8-9,11,13H2,1-5H3,(H,27,28,30). The van der Waals surface area contributed by atoms with Crippen LogP contribution in [0.25, 0.3) is 22.2 Å². The van der Waals surface area contributed by atoms with Crippen molar-refractivity contribution in [3.05, 3.63) is 30.2 Å². The molecule has 0 radical (unpaired) electrons. The molecule has 0 unspecified atom stereocenters. The summed E-state index contributed by atoms with van der Waals surface area (Å²) in [5.74, 6) is 0.0904. The molecule has 2 N–H and O–H groups in total. The molecule has 0 atom stereocenters. The highest BCUT2D eigenvalue weighted by molar-refractivity contribution is 6.00. The first-order chi connectivity index (χ1) is 15.4. The molecule has 33 heavy (non-hydrogen) atoms. The fourth-order valence-electron chi connectivity index (χ4n) is 3.65. The van der Waals surface area contributed by atoms with Crippen molar-refractivity contribution in [3.8, 4) is 22.6 Å². The van der Waals surface area contributed by atoms with E-state index in [0.717, 1.165) is 0 Å². The number of aromatic nitrogens is 3. The number of pyridine rings is 1. The Morgan fingerprint density at radius 1 is 1.24 bits per heavy atom. The van der Waals surface area contributed by atoms with E-state index >= 15 is 4.39 Å². The minimum atomic E-state index is -0.885. The first kappa shape index (κ1) is 23.0. The second-order valence-corrected chi connectivity index (χ2v) is 10.2. The maximum Gasteiger partial charge on any atom is 0.231 e. The fraction of sp³-hybridized carbons (Fsp3) is 0.458. The lowest BCUT2D eigenvalue weighted by atomic mass is 9.92. The summed E-state index contributed by atoms with van der Waals surface area (Å²) in [7, 11) is 0. The van der Waals surface area contributed by atoms with Gasteiger partial charge in [-0.05, 0) is 43.9 Å². The molecule has 2 aromatic heterocycles. The van der Waals surface area contributed by atoms with Crippen molar-refractivity contribution in [3.63, 3.8) is 0 Å². The van der Waals surface area contributed by atoms with Crippen LogP contribution in [0.1, 0.15) is 47.5 Å². The van der Waals surface area contributed by atoms with Gasteiger partial charge in [0.25, 0.3) is 0 Å². The van der Waals surface area contributed by atoms with E-state index in [9.17, 15) is 9.90 Å². The quantitative estimate of drug-likeness (QED) is 0.567. The minimum absolute atomic E-state index is 0.0229. The fourth-order valence-corrected chi connectivity index (χ4v) is 3.65. The Hall–Kier alpha value is -3.20. The van der Waals surface area contributed by atoms with Gasteiger partial charge in [-0.25, -0.2) is 14.1 Å². The molecule has 9 heteroatoms. The number of benzene rings is 1. The number of nitrogens with one attached hydrogen (secondary N) is 1. The Kier molecular flexibility index (Phi) is 5.78. The van der Waals surface area contributed by atoms with Crippen LogP contribution < -0.4 is 14.8 Å². The number of amides is 1. The Bertz CT molecular complexity index is 1210. The predicted molar refractivity (Wildman–Crippen MR) is 123 cm³/mol. The smallest absolute Gasteiger partial charge is 0.231 e. The summed E-state index contributed by atoms with van der Waals surface area (Å²) in [5, 5.41) is 18.2. The first-order valence-electron chi connectivity index (χ1n) is 10.9. The molecule has 0 saturated heterocycles. The van der Waals surface area contributed by atoms with E-state index in [1.54, 1.807) is 42.9 Å². The van der Waals surface area contributed by atoms with Crippen molar-refractivity contribution in [2.24, 2.45) is 5.41 Å². The zero-order chi connectivity index (χ0) is 24.0. The lowest BCUT2D eigenvalue weighted by Crippen LogP contribution is -2.22. The average molecular weight is 457 g/mol. The van der Waals surface area contributed by atoms with E-state index in [2.05, 4.69) is 15.4 Å². The van der Waals surface area contributed by atoms with E-state index in [1.165, 1.54) is 0 Å². The molecule has 4 rings (SSSR count). The number of nitrogens with zero attached hydrogens (tertiary/aromatic N) is 3. The van der Waals surface area contributed by atoms with E-state index in [-0.39, 0.29) is 23.9 Å². The molecule has 1 aliphatic heterocycles. The van der Waals surface area contributed by atoms with Crippen molar-refractivity contribution < 1.29 is 23.8 Å². The maximum absolute atomic E-state index is 15.1. The number of ether oxygens (including phenoxy) is 2. The summed E-state index contributed by atoms with van der Waals surface area (Å²) in [6.45, 7) is 9.76. The highest BCUT2D eigenvalue weighted by Gasteiger charge is 2.24. The van der Waals surface area contributed by atoms with Crippen LogP contribution >= 0.6 is 0 Å². The normalized spacial score (nSPS) is 13.5. The summed E-state index contributed by atoms with van der Waals surface area (Å²) >= 11 is 0. The number of carbonyl (C=O) groups excluding carboxylic acids is 1. The Morgan fingerprint density at radius 3 is 2.70 bits per heavy atom. The van der Waals surface area contributed by atoms with Gasteiger partial charge in [-0.1, -0.05) is 20.8 Å². The van der Waals surface area contributed by atoms with Crippen LogP contribution in [0.5, 0.6) is 11.5 Å². The van der Waals surface area contributed by atoms with Gasteiger partial charge in [-0.3, -0.25) is 4.79 Å². The number of aliphatic hydroxyl groups is 1. The van der Waals surface area contributed by atoms with Crippen LogP contribution in [0.3, 0.4) is 0 Å². The van der Waals surface area contributed by atoms with Gasteiger partial charge in [0.1, 0.15) is 0 Å². The van der Waals surface area contributed by atoms with Gasteiger partial charge in [-0.15, -0.1) is 0 Å². The topological polar surface area (TPSA) is 98.5 Å². The summed E-state index contributed by atoms with van der Waals surface area (Å²) in [6, 6.07) is 5.02. The lowest BCUT2D eigenvalue weighted by Gasteiger charge is -2.17. The van der Waals surface area contributed by atoms with E-state index < -0.39 is 11.4 Å². The van der Waals surface area contributed by atoms with Crippen LogP contribution in [-0.2, 0) is 11.3 Å². The molecule has 0 saturated carbocycles. The van der Waals surface area contributed by atoms with Crippen LogP contribution in [0.15, 0.2) is 24.4 Å². The zero-order valence-corrected chi connectivity index (χ0v) is 19.5. The summed E-state index contributed by atoms with van der Waals surface area (Å²) in [6.07, 6.45) is 2.32. The average Bonchev–Trinajstić information content (AvgIpc) is 3.30. The van der Waals surface area contributed by atoms with Crippen LogP contribution in [0.4, 0.5) is 10.2 Å². The number of fused-ring (bicyclic) bond motifs is 2. The van der Waals surface area contributed by atoms with Gasteiger partial charge in [0.2, 0.25) is 18.4 Å². The molecule has 0 aliphatic carbocycles. The second kappa shape index (κ2) is 8.30. The number of aryl methyl sites for hydroxylation is 1. The number of carbonyl (C=O) groups is 1.